The van der Waals surface area contributed by atoms with E-state index in [2.05, 4.69) is 0 Å². The number of methoxy groups -OCH3 is 2. The summed E-state index contributed by atoms with van der Waals surface area (Å²) >= 11 is 0. The molecular weight excluding hydrogens is 196 g/mol. The molecular formula is C11H14O4. The van der Waals surface area contributed by atoms with Crippen molar-refractivity contribution in [3.05, 3.63) is 34.9 Å². The molecule has 0 amide bonds. The fraction of sp³-hybridized carbons (Fsp3) is 0.364. The molecule has 0 saturated heterocycles. The number of aromatic carboxylic acids is 1. The quantitative estimate of drug-likeness (QED) is 0.803. The SMILES string of the molecule is COCc1cc(COC)cc(C(=O)O)c1. The summed E-state index contributed by atoms with van der Waals surface area (Å²) in [6.07, 6.45) is 0. The van der Waals surface area contributed by atoms with Crippen molar-refractivity contribution >= 4 is 5.97 Å². The van der Waals surface area contributed by atoms with Gasteiger partial charge in [0.25, 0.3) is 0 Å². The largest absolute Gasteiger partial charge is 0.478 e. The first-order valence-corrected chi connectivity index (χ1v) is 4.51. The number of carboxylic acids is 1. The Kier molecular flexibility index (Phi) is 4.27. The highest BCUT2D eigenvalue weighted by Gasteiger charge is 2.06. The minimum absolute atomic E-state index is 0.261. The summed E-state index contributed by atoms with van der Waals surface area (Å²) in [6, 6.07) is 5.08. The van der Waals surface area contributed by atoms with E-state index in [9.17, 15) is 4.79 Å². The number of benzene rings is 1. The predicted molar refractivity (Wildman–Crippen MR) is 54.8 cm³/mol. The van der Waals surface area contributed by atoms with Gasteiger partial charge in [0.15, 0.2) is 0 Å². The molecule has 0 bridgehead atoms. The number of hydrogen-bond acceptors (Lipinski definition) is 3. The minimum Gasteiger partial charge on any atom is -0.478 e. The van der Waals surface area contributed by atoms with E-state index in [1.165, 1.54) is 0 Å². The second-order valence-electron chi connectivity index (χ2n) is 3.21. The van der Waals surface area contributed by atoms with Crippen molar-refractivity contribution in [3.8, 4) is 0 Å². The molecule has 15 heavy (non-hydrogen) atoms. The average molecular weight is 210 g/mol. The lowest BCUT2D eigenvalue weighted by atomic mass is 10.1. The molecule has 4 nitrogen and oxygen atoms in total. The van der Waals surface area contributed by atoms with Gasteiger partial charge in [-0.1, -0.05) is 6.07 Å². The van der Waals surface area contributed by atoms with Gasteiger partial charge >= 0.3 is 5.97 Å². The maximum atomic E-state index is 10.8. The Bertz CT molecular complexity index is 322. The van der Waals surface area contributed by atoms with Gasteiger partial charge in [0.2, 0.25) is 0 Å². The molecule has 1 aromatic carbocycles. The summed E-state index contributed by atoms with van der Waals surface area (Å²) in [4.78, 5) is 10.8. The highest BCUT2D eigenvalue weighted by atomic mass is 16.5. The van der Waals surface area contributed by atoms with E-state index in [4.69, 9.17) is 14.6 Å². The zero-order chi connectivity index (χ0) is 11.3. The lowest BCUT2D eigenvalue weighted by molar-refractivity contribution is 0.0696. The molecule has 0 radical (unpaired) electrons. The Hall–Kier alpha value is -1.39. The van der Waals surface area contributed by atoms with Crippen molar-refractivity contribution in [2.45, 2.75) is 13.2 Å². The minimum atomic E-state index is -0.940. The van der Waals surface area contributed by atoms with Crippen LogP contribution >= 0.6 is 0 Å². The van der Waals surface area contributed by atoms with Crippen LogP contribution < -0.4 is 0 Å². The van der Waals surface area contributed by atoms with Gasteiger partial charge in [0.05, 0.1) is 18.8 Å². The van der Waals surface area contributed by atoms with Crippen molar-refractivity contribution in [2.75, 3.05) is 14.2 Å². The molecule has 0 aliphatic carbocycles. The van der Waals surface area contributed by atoms with Gasteiger partial charge in [-0.3, -0.25) is 0 Å². The molecule has 0 aliphatic rings. The Labute approximate surface area is 88.4 Å². The molecule has 0 unspecified atom stereocenters. The van der Waals surface area contributed by atoms with Crippen LogP contribution in [0.15, 0.2) is 18.2 Å². The van der Waals surface area contributed by atoms with Crippen LogP contribution in [0, 0.1) is 0 Å². The average Bonchev–Trinajstić information content (AvgIpc) is 2.18. The Balaban J connectivity index is 3.02. The lowest BCUT2D eigenvalue weighted by Gasteiger charge is -2.06. The molecule has 82 valence electrons. The van der Waals surface area contributed by atoms with Gasteiger partial charge < -0.3 is 14.6 Å². The fourth-order valence-electron chi connectivity index (χ4n) is 1.39. The number of carboxylic acid groups (broad SMARTS) is 1. The molecule has 1 aromatic rings. The number of ether oxygens (including phenoxy) is 2. The highest BCUT2D eigenvalue weighted by Crippen LogP contribution is 2.12. The van der Waals surface area contributed by atoms with Crippen molar-refractivity contribution in [1.29, 1.82) is 0 Å². The zero-order valence-corrected chi connectivity index (χ0v) is 8.82. The smallest absolute Gasteiger partial charge is 0.335 e. The van der Waals surface area contributed by atoms with Gasteiger partial charge in [-0.05, 0) is 23.3 Å². The van der Waals surface area contributed by atoms with Crippen LogP contribution in [0.4, 0.5) is 0 Å². The molecule has 0 aromatic heterocycles. The van der Waals surface area contributed by atoms with Crippen molar-refractivity contribution in [1.82, 2.24) is 0 Å². The second-order valence-corrected chi connectivity index (χ2v) is 3.21. The topological polar surface area (TPSA) is 55.8 Å². The first-order valence-electron chi connectivity index (χ1n) is 4.51. The van der Waals surface area contributed by atoms with Crippen molar-refractivity contribution in [3.63, 3.8) is 0 Å². The summed E-state index contributed by atoms with van der Waals surface area (Å²) in [5.41, 5.74) is 1.94. The molecule has 4 heteroatoms. The fourth-order valence-corrected chi connectivity index (χ4v) is 1.39. The molecule has 0 spiro atoms. The van der Waals surface area contributed by atoms with Crippen LogP contribution in [0.5, 0.6) is 0 Å². The van der Waals surface area contributed by atoms with Gasteiger partial charge in [-0.25, -0.2) is 4.79 Å². The normalized spacial score (nSPS) is 10.3. The summed E-state index contributed by atoms with van der Waals surface area (Å²) < 4.78 is 9.92. The summed E-state index contributed by atoms with van der Waals surface area (Å²) in [5.74, 6) is -0.940. The van der Waals surface area contributed by atoms with Crippen LogP contribution in [0.1, 0.15) is 21.5 Å². The molecule has 0 fully saturated rings. The first kappa shape index (κ1) is 11.7. The summed E-state index contributed by atoms with van der Waals surface area (Å²) in [5, 5.41) is 8.89. The molecule has 0 aliphatic heterocycles. The van der Waals surface area contributed by atoms with E-state index in [0.29, 0.717) is 13.2 Å². The maximum absolute atomic E-state index is 10.8. The molecule has 0 atom stereocenters. The molecule has 0 heterocycles. The maximum Gasteiger partial charge on any atom is 0.335 e. The van der Waals surface area contributed by atoms with E-state index in [1.807, 2.05) is 6.07 Å². The Morgan fingerprint density at radius 1 is 1.13 bits per heavy atom. The van der Waals surface area contributed by atoms with Crippen LogP contribution in [-0.2, 0) is 22.7 Å². The second kappa shape index (κ2) is 5.48. The van der Waals surface area contributed by atoms with Gasteiger partial charge in [0, 0.05) is 14.2 Å². The van der Waals surface area contributed by atoms with E-state index >= 15 is 0 Å². The van der Waals surface area contributed by atoms with Gasteiger partial charge in [0.1, 0.15) is 0 Å². The number of carbonyl (C=O) groups is 1. The van der Waals surface area contributed by atoms with Gasteiger partial charge in [-0.2, -0.15) is 0 Å². The third-order valence-electron chi connectivity index (χ3n) is 1.92. The monoisotopic (exact) mass is 210 g/mol. The zero-order valence-electron chi connectivity index (χ0n) is 8.82. The number of rotatable bonds is 5. The van der Waals surface area contributed by atoms with Crippen molar-refractivity contribution in [2.24, 2.45) is 0 Å². The van der Waals surface area contributed by atoms with E-state index in [0.717, 1.165) is 11.1 Å². The van der Waals surface area contributed by atoms with Gasteiger partial charge in [-0.15, -0.1) is 0 Å². The van der Waals surface area contributed by atoms with Crippen LogP contribution in [0.2, 0.25) is 0 Å². The Morgan fingerprint density at radius 2 is 1.60 bits per heavy atom. The summed E-state index contributed by atoms with van der Waals surface area (Å²) in [7, 11) is 3.15. The lowest BCUT2D eigenvalue weighted by Crippen LogP contribution is -2.01. The summed E-state index contributed by atoms with van der Waals surface area (Å²) in [6.45, 7) is 0.801. The van der Waals surface area contributed by atoms with E-state index < -0.39 is 5.97 Å². The molecule has 1 N–H and O–H groups in total. The van der Waals surface area contributed by atoms with Crippen LogP contribution in [0.3, 0.4) is 0 Å². The van der Waals surface area contributed by atoms with E-state index in [-0.39, 0.29) is 5.56 Å². The van der Waals surface area contributed by atoms with E-state index in [1.54, 1.807) is 26.4 Å². The van der Waals surface area contributed by atoms with Crippen LogP contribution in [-0.4, -0.2) is 25.3 Å². The first-order chi connectivity index (χ1) is 7.17. The molecule has 1 rings (SSSR count). The third kappa shape index (κ3) is 3.34. The number of hydrogen-bond donors (Lipinski definition) is 1. The van der Waals surface area contributed by atoms with Crippen LogP contribution in [0.25, 0.3) is 0 Å². The molecule has 0 saturated carbocycles. The predicted octanol–water partition coefficient (Wildman–Crippen LogP) is 1.68. The third-order valence-corrected chi connectivity index (χ3v) is 1.92. The standard InChI is InChI=1S/C11H14O4/c1-14-6-8-3-9(7-15-2)5-10(4-8)11(12)13/h3-5H,6-7H2,1-2H3,(H,12,13). The van der Waals surface area contributed by atoms with Crippen molar-refractivity contribution < 1.29 is 19.4 Å². The Morgan fingerprint density at radius 3 is 1.93 bits per heavy atom. The highest BCUT2D eigenvalue weighted by molar-refractivity contribution is 5.88.